The molecular weight excluding hydrogens is 434 g/mol. The van der Waals surface area contributed by atoms with Crippen molar-refractivity contribution in [1.29, 1.82) is 0 Å². The third-order valence-electron chi connectivity index (χ3n) is 4.55. The Hall–Kier alpha value is -3.73. The van der Waals surface area contributed by atoms with Crippen molar-refractivity contribution in [3.8, 4) is 11.5 Å². The van der Waals surface area contributed by atoms with Gasteiger partial charge in [0.2, 0.25) is 12.7 Å². The lowest BCUT2D eigenvalue weighted by Crippen LogP contribution is -2.25. The van der Waals surface area contributed by atoms with Crippen LogP contribution in [-0.4, -0.2) is 38.6 Å². The normalized spacial score (nSPS) is 12.9. The highest BCUT2D eigenvalue weighted by atomic mass is 32.2. The molecule has 4 rings (SSSR count). The first-order valence-corrected chi connectivity index (χ1v) is 10.6. The number of furan rings is 1. The summed E-state index contributed by atoms with van der Waals surface area (Å²) in [6, 6.07) is 8.44. The van der Waals surface area contributed by atoms with Crippen molar-refractivity contribution in [3.63, 3.8) is 0 Å². The van der Waals surface area contributed by atoms with E-state index in [9.17, 15) is 9.59 Å². The van der Waals surface area contributed by atoms with E-state index in [4.69, 9.17) is 13.9 Å². The summed E-state index contributed by atoms with van der Waals surface area (Å²) < 4.78 is 17.5. The molecule has 32 heavy (non-hydrogen) atoms. The van der Waals surface area contributed by atoms with E-state index < -0.39 is 5.25 Å². The third-order valence-corrected chi connectivity index (χ3v) is 5.63. The number of allylic oxidation sites excluding steroid dienone is 1. The predicted molar refractivity (Wildman–Crippen MR) is 117 cm³/mol. The number of hydrogen-bond acceptors (Lipinski definition) is 8. The zero-order chi connectivity index (χ0) is 22.5. The molecule has 0 bridgehead atoms. The first-order chi connectivity index (χ1) is 15.5. The number of hydrogen-bond donors (Lipinski definition) is 2. The Balaban J connectivity index is 1.39. The first-order valence-electron chi connectivity index (χ1n) is 9.77. The fourth-order valence-corrected chi connectivity index (χ4v) is 3.81. The Labute approximate surface area is 188 Å². The molecule has 1 aliphatic heterocycles. The van der Waals surface area contributed by atoms with E-state index in [-0.39, 0.29) is 30.9 Å². The number of rotatable bonds is 9. The molecule has 2 amide bonds. The standard InChI is InChI=1S/C21H21N5O5S/c1-3-8-26-18(11-22-20(28)16-5-4-9-29-16)24-25-21(26)32-13(2)19(27)23-14-6-7-15-17(10-14)31-12-30-15/h3-7,9-10,13H,1,8,11-12H2,2H3,(H,22,28)(H,23,27). The smallest absolute Gasteiger partial charge is 0.287 e. The Morgan fingerprint density at radius 3 is 2.91 bits per heavy atom. The van der Waals surface area contributed by atoms with Crippen molar-refractivity contribution < 1.29 is 23.5 Å². The first kappa shape index (κ1) is 21.5. The molecule has 0 saturated carbocycles. The molecule has 10 nitrogen and oxygen atoms in total. The van der Waals surface area contributed by atoms with Crippen molar-refractivity contribution in [2.24, 2.45) is 0 Å². The molecular formula is C21H21N5O5S. The van der Waals surface area contributed by atoms with E-state index in [0.29, 0.717) is 34.7 Å². The number of nitrogens with one attached hydrogen (secondary N) is 2. The Morgan fingerprint density at radius 1 is 1.28 bits per heavy atom. The topological polar surface area (TPSA) is 121 Å². The van der Waals surface area contributed by atoms with E-state index in [1.165, 1.54) is 18.0 Å². The van der Waals surface area contributed by atoms with Gasteiger partial charge in [-0.05, 0) is 31.2 Å². The van der Waals surface area contributed by atoms with Crippen LogP contribution in [0.5, 0.6) is 11.5 Å². The van der Waals surface area contributed by atoms with Gasteiger partial charge in [-0.2, -0.15) is 0 Å². The number of carbonyl (C=O) groups excluding carboxylic acids is 2. The van der Waals surface area contributed by atoms with Gasteiger partial charge in [0.25, 0.3) is 5.91 Å². The highest BCUT2D eigenvalue weighted by Crippen LogP contribution is 2.34. The molecule has 0 saturated heterocycles. The van der Waals surface area contributed by atoms with Gasteiger partial charge in [-0.15, -0.1) is 16.8 Å². The number of nitrogens with zero attached hydrogens (tertiary/aromatic N) is 3. The molecule has 11 heteroatoms. The van der Waals surface area contributed by atoms with Gasteiger partial charge in [-0.1, -0.05) is 17.8 Å². The van der Waals surface area contributed by atoms with Crippen LogP contribution in [0, 0.1) is 0 Å². The summed E-state index contributed by atoms with van der Waals surface area (Å²) in [6.45, 7) is 6.29. The molecule has 0 spiro atoms. The molecule has 0 fully saturated rings. The fraction of sp³-hybridized carbons (Fsp3) is 0.238. The minimum atomic E-state index is -0.459. The lowest BCUT2D eigenvalue weighted by Gasteiger charge is -2.13. The molecule has 166 valence electrons. The van der Waals surface area contributed by atoms with Crippen LogP contribution < -0.4 is 20.1 Å². The summed E-state index contributed by atoms with van der Waals surface area (Å²) in [5.74, 6) is 1.44. The lowest BCUT2D eigenvalue weighted by atomic mass is 10.2. The molecule has 0 aliphatic carbocycles. The van der Waals surface area contributed by atoms with Crippen molar-refractivity contribution in [1.82, 2.24) is 20.1 Å². The fourth-order valence-electron chi connectivity index (χ4n) is 2.93. The quantitative estimate of drug-likeness (QED) is 0.373. The number of ether oxygens (including phenoxy) is 2. The maximum atomic E-state index is 12.7. The van der Waals surface area contributed by atoms with Gasteiger partial charge in [-0.25, -0.2) is 0 Å². The van der Waals surface area contributed by atoms with Crippen LogP contribution in [0.2, 0.25) is 0 Å². The predicted octanol–water partition coefficient (Wildman–Crippen LogP) is 2.84. The van der Waals surface area contributed by atoms with Gasteiger partial charge in [0, 0.05) is 18.3 Å². The van der Waals surface area contributed by atoms with Crippen LogP contribution in [-0.2, 0) is 17.9 Å². The SMILES string of the molecule is C=CCn1c(CNC(=O)c2ccco2)nnc1SC(C)C(=O)Nc1ccc2c(c1)OCO2. The number of amides is 2. The molecule has 1 aromatic carbocycles. The van der Waals surface area contributed by atoms with Crippen LogP contribution in [0.1, 0.15) is 23.3 Å². The Morgan fingerprint density at radius 2 is 2.12 bits per heavy atom. The zero-order valence-electron chi connectivity index (χ0n) is 17.2. The van der Waals surface area contributed by atoms with Crippen LogP contribution in [0.4, 0.5) is 5.69 Å². The minimum Gasteiger partial charge on any atom is -0.459 e. The maximum absolute atomic E-state index is 12.7. The zero-order valence-corrected chi connectivity index (χ0v) is 18.1. The molecule has 2 aromatic heterocycles. The van der Waals surface area contributed by atoms with Gasteiger partial charge in [0.15, 0.2) is 28.2 Å². The summed E-state index contributed by atoms with van der Waals surface area (Å²) in [5.41, 5.74) is 0.612. The monoisotopic (exact) mass is 455 g/mol. The summed E-state index contributed by atoms with van der Waals surface area (Å²) in [5, 5.41) is 14.0. The summed E-state index contributed by atoms with van der Waals surface area (Å²) in [6.07, 6.45) is 3.13. The number of thioether (sulfide) groups is 1. The Kier molecular flexibility index (Phi) is 6.45. The van der Waals surface area contributed by atoms with Crippen molar-refractivity contribution in [3.05, 3.63) is 60.8 Å². The summed E-state index contributed by atoms with van der Waals surface area (Å²) >= 11 is 1.26. The number of carbonyl (C=O) groups is 2. The molecule has 1 atom stereocenters. The second-order valence-corrected chi connectivity index (χ2v) is 8.08. The highest BCUT2D eigenvalue weighted by Gasteiger charge is 2.21. The lowest BCUT2D eigenvalue weighted by molar-refractivity contribution is -0.115. The molecule has 0 radical (unpaired) electrons. The maximum Gasteiger partial charge on any atom is 0.287 e. The molecule has 1 aliphatic rings. The van der Waals surface area contributed by atoms with Gasteiger partial charge in [-0.3, -0.25) is 9.59 Å². The van der Waals surface area contributed by atoms with E-state index >= 15 is 0 Å². The minimum absolute atomic E-state index is 0.151. The van der Waals surface area contributed by atoms with Crippen LogP contribution >= 0.6 is 11.8 Å². The average molecular weight is 455 g/mol. The highest BCUT2D eigenvalue weighted by molar-refractivity contribution is 8.00. The van der Waals surface area contributed by atoms with Crippen LogP contribution in [0.15, 0.2) is 58.8 Å². The van der Waals surface area contributed by atoms with Gasteiger partial charge in [0.05, 0.1) is 18.1 Å². The van der Waals surface area contributed by atoms with E-state index in [1.54, 1.807) is 47.9 Å². The second-order valence-electron chi connectivity index (χ2n) is 6.78. The number of anilines is 1. The van der Waals surface area contributed by atoms with Gasteiger partial charge in [0.1, 0.15) is 0 Å². The van der Waals surface area contributed by atoms with Crippen LogP contribution in [0.25, 0.3) is 0 Å². The molecule has 3 heterocycles. The van der Waals surface area contributed by atoms with Gasteiger partial charge < -0.3 is 29.1 Å². The van der Waals surface area contributed by atoms with E-state index in [2.05, 4.69) is 27.4 Å². The van der Waals surface area contributed by atoms with Gasteiger partial charge >= 0.3 is 0 Å². The molecule has 2 N–H and O–H groups in total. The van der Waals surface area contributed by atoms with Crippen molar-refractivity contribution in [2.75, 3.05) is 12.1 Å². The Bertz CT molecular complexity index is 1130. The van der Waals surface area contributed by atoms with Crippen molar-refractivity contribution in [2.45, 2.75) is 30.4 Å². The van der Waals surface area contributed by atoms with E-state index in [0.717, 1.165) is 0 Å². The molecule has 3 aromatic rings. The number of fused-ring (bicyclic) bond motifs is 1. The largest absolute Gasteiger partial charge is 0.459 e. The number of benzene rings is 1. The van der Waals surface area contributed by atoms with Crippen molar-refractivity contribution >= 4 is 29.3 Å². The number of aromatic nitrogens is 3. The summed E-state index contributed by atoms with van der Waals surface area (Å²) in [7, 11) is 0. The summed E-state index contributed by atoms with van der Waals surface area (Å²) in [4.78, 5) is 24.8. The van der Waals surface area contributed by atoms with Crippen LogP contribution in [0.3, 0.4) is 0 Å². The second kappa shape index (κ2) is 9.60. The third kappa shape index (κ3) is 4.78. The molecule has 1 unspecified atom stereocenters. The average Bonchev–Trinajstić information content (AvgIpc) is 3.54. The van der Waals surface area contributed by atoms with E-state index in [1.807, 2.05) is 0 Å².